The van der Waals surface area contributed by atoms with Crippen LogP contribution < -0.4 is 10.2 Å². The van der Waals surface area contributed by atoms with Gasteiger partial charge in [-0.3, -0.25) is 9.59 Å². The number of nitrogens with zero attached hydrogens (tertiary/aromatic N) is 1. The molecule has 1 fully saturated rings. The van der Waals surface area contributed by atoms with E-state index in [-0.39, 0.29) is 42.3 Å². The lowest BCUT2D eigenvalue weighted by Gasteiger charge is -2.25. The third kappa shape index (κ3) is 5.19. The molecule has 2 amide bonds. The molecule has 25 heavy (non-hydrogen) atoms. The number of hydrogen-bond acceptors (Lipinski definition) is 4. The molecule has 0 aliphatic carbocycles. The van der Waals surface area contributed by atoms with Gasteiger partial charge in [-0.25, -0.2) is 8.42 Å². The van der Waals surface area contributed by atoms with E-state index >= 15 is 0 Å². The highest BCUT2D eigenvalue weighted by atomic mass is 35.5. The Labute approximate surface area is 153 Å². The van der Waals surface area contributed by atoms with E-state index in [1.807, 2.05) is 19.9 Å². The van der Waals surface area contributed by atoms with Gasteiger partial charge in [-0.1, -0.05) is 17.7 Å². The Morgan fingerprint density at radius 2 is 2.00 bits per heavy atom. The standard InChI is InChI=1S/C17H23ClN2O4S/c1-11-8-12(2)17(15(18)9-11)20(13(3)21)6-4-16(22)19-14-5-7-25(23,24)10-14/h8-9,14H,4-7,10H2,1-3H3,(H,19,22). The monoisotopic (exact) mass is 386 g/mol. The molecule has 0 spiro atoms. The number of carbonyl (C=O) groups excluding carboxylic acids is 2. The Balaban J connectivity index is 2.03. The topological polar surface area (TPSA) is 83.6 Å². The maximum absolute atomic E-state index is 12.1. The number of amides is 2. The first kappa shape index (κ1) is 19.7. The normalized spacial score (nSPS) is 18.8. The highest BCUT2D eigenvalue weighted by Crippen LogP contribution is 2.31. The van der Waals surface area contributed by atoms with Gasteiger partial charge in [0.1, 0.15) is 0 Å². The SMILES string of the molecule is CC(=O)N(CCC(=O)NC1CCS(=O)(=O)C1)c1c(C)cc(C)cc1Cl. The van der Waals surface area contributed by atoms with E-state index in [2.05, 4.69) is 5.32 Å². The molecule has 1 aromatic carbocycles. The number of benzene rings is 1. The van der Waals surface area contributed by atoms with Gasteiger partial charge < -0.3 is 10.2 Å². The highest BCUT2D eigenvalue weighted by molar-refractivity contribution is 7.91. The highest BCUT2D eigenvalue weighted by Gasteiger charge is 2.29. The maximum Gasteiger partial charge on any atom is 0.223 e. The third-order valence-corrected chi connectivity index (χ3v) is 6.26. The molecule has 1 aliphatic heterocycles. The Hall–Kier alpha value is -1.60. The van der Waals surface area contributed by atoms with Crippen molar-refractivity contribution in [3.63, 3.8) is 0 Å². The number of sulfone groups is 1. The van der Waals surface area contributed by atoms with Crippen LogP contribution in [0.25, 0.3) is 0 Å². The molecule has 8 heteroatoms. The molecule has 0 radical (unpaired) electrons. The first-order valence-corrected chi connectivity index (χ1v) is 10.3. The van der Waals surface area contributed by atoms with Crippen molar-refractivity contribution in [2.75, 3.05) is 23.0 Å². The zero-order valence-corrected chi connectivity index (χ0v) is 16.2. The van der Waals surface area contributed by atoms with Crippen LogP contribution in [0.1, 0.15) is 30.9 Å². The summed E-state index contributed by atoms with van der Waals surface area (Å²) in [6, 6.07) is 3.37. The molecule has 0 aromatic heterocycles. The smallest absolute Gasteiger partial charge is 0.223 e. The summed E-state index contributed by atoms with van der Waals surface area (Å²) in [5.41, 5.74) is 2.47. The summed E-state index contributed by atoms with van der Waals surface area (Å²) in [5, 5.41) is 3.20. The molecule has 6 nitrogen and oxygen atoms in total. The Morgan fingerprint density at radius 1 is 1.32 bits per heavy atom. The van der Waals surface area contributed by atoms with Crippen molar-refractivity contribution in [1.82, 2.24) is 5.32 Å². The van der Waals surface area contributed by atoms with Crippen LogP contribution in [0.15, 0.2) is 12.1 Å². The number of carbonyl (C=O) groups is 2. The fourth-order valence-electron chi connectivity index (χ4n) is 3.10. The summed E-state index contributed by atoms with van der Waals surface area (Å²) in [5.74, 6) is -0.382. The molecule has 1 unspecified atom stereocenters. The second-order valence-corrected chi connectivity index (χ2v) is 9.14. The lowest BCUT2D eigenvalue weighted by Crippen LogP contribution is -2.39. The zero-order valence-electron chi connectivity index (χ0n) is 14.6. The number of aryl methyl sites for hydroxylation is 2. The maximum atomic E-state index is 12.1. The molecule has 1 atom stereocenters. The lowest BCUT2D eigenvalue weighted by molar-refractivity contribution is -0.121. The minimum atomic E-state index is -3.04. The quantitative estimate of drug-likeness (QED) is 0.838. The summed E-state index contributed by atoms with van der Waals surface area (Å²) in [4.78, 5) is 25.6. The average molecular weight is 387 g/mol. The van der Waals surface area contributed by atoms with E-state index < -0.39 is 9.84 Å². The number of rotatable bonds is 5. The van der Waals surface area contributed by atoms with Gasteiger partial charge in [-0.15, -0.1) is 0 Å². The Kier molecular flexibility index (Phi) is 6.11. The van der Waals surface area contributed by atoms with Crippen molar-refractivity contribution >= 4 is 38.9 Å². The van der Waals surface area contributed by atoms with Crippen LogP contribution in [-0.2, 0) is 19.4 Å². The van der Waals surface area contributed by atoms with Crippen LogP contribution in [0, 0.1) is 13.8 Å². The minimum absolute atomic E-state index is 0.0158. The average Bonchev–Trinajstić information content (AvgIpc) is 2.79. The second kappa shape index (κ2) is 7.74. The third-order valence-electron chi connectivity index (χ3n) is 4.21. The van der Waals surface area contributed by atoms with Crippen LogP contribution in [0.3, 0.4) is 0 Å². The van der Waals surface area contributed by atoms with Gasteiger partial charge in [0.05, 0.1) is 22.2 Å². The number of anilines is 1. The van der Waals surface area contributed by atoms with Crippen LogP contribution in [0.4, 0.5) is 5.69 Å². The lowest BCUT2D eigenvalue weighted by atomic mass is 10.1. The van der Waals surface area contributed by atoms with Crippen molar-refractivity contribution < 1.29 is 18.0 Å². The van der Waals surface area contributed by atoms with Gasteiger partial charge in [0.15, 0.2) is 9.84 Å². The zero-order chi connectivity index (χ0) is 18.8. The largest absolute Gasteiger partial charge is 0.352 e. The molecule has 0 saturated carbocycles. The van der Waals surface area contributed by atoms with E-state index in [4.69, 9.17) is 11.6 Å². The van der Waals surface area contributed by atoms with E-state index in [1.54, 1.807) is 6.07 Å². The molecule has 138 valence electrons. The molecular weight excluding hydrogens is 364 g/mol. The van der Waals surface area contributed by atoms with E-state index in [9.17, 15) is 18.0 Å². The summed E-state index contributed by atoms with van der Waals surface area (Å²) in [6.07, 6.45) is 0.521. The summed E-state index contributed by atoms with van der Waals surface area (Å²) in [7, 11) is -3.04. The second-order valence-electron chi connectivity index (χ2n) is 6.50. The predicted octanol–water partition coefficient (Wildman–Crippen LogP) is 2.00. The van der Waals surface area contributed by atoms with E-state index in [1.165, 1.54) is 11.8 Å². The van der Waals surface area contributed by atoms with Gasteiger partial charge in [0, 0.05) is 25.9 Å². The van der Waals surface area contributed by atoms with Gasteiger partial charge in [-0.2, -0.15) is 0 Å². The van der Waals surface area contributed by atoms with Crippen LogP contribution >= 0.6 is 11.6 Å². The molecule has 1 saturated heterocycles. The summed E-state index contributed by atoms with van der Waals surface area (Å²) < 4.78 is 22.9. The first-order valence-electron chi connectivity index (χ1n) is 8.13. The van der Waals surface area contributed by atoms with Crippen molar-refractivity contribution in [3.05, 3.63) is 28.3 Å². The summed E-state index contributed by atoms with van der Waals surface area (Å²) >= 11 is 6.30. The van der Waals surface area contributed by atoms with Crippen LogP contribution in [0.2, 0.25) is 5.02 Å². The summed E-state index contributed by atoms with van der Waals surface area (Å²) in [6.45, 7) is 5.40. The minimum Gasteiger partial charge on any atom is -0.352 e. The molecule has 0 bridgehead atoms. The van der Waals surface area contributed by atoms with Crippen molar-refractivity contribution in [3.8, 4) is 0 Å². The predicted molar refractivity (Wildman–Crippen MR) is 98.8 cm³/mol. The van der Waals surface area contributed by atoms with Gasteiger partial charge >= 0.3 is 0 Å². The van der Waals surface area contributed by atoms with Crippen molar-refractivity contribution in [2.24, 2.45) is 0 Å². The fraction of sp³-hybridized carbons (Fsp3) is 0.529. The van der Waals surface area contributed by atoms with E-state index in [0.717, 1.165) is 11.1 Å². The molecule has 1 aromatic rings. The Morgan fingerprint density at radius 3 is 2.52 bits per heavy atom. The molecule has 2 rings (SSSR count). The molecule has 1 N–H and O–H groups in total. The molecular formula is C17H23ClN2O4S. The number of nitrogens with one attached hydrogen (secondary N) is 1. The Bertz CT molecular complexity index is 769. The van der Waals surface area contributed by atoms with Crippen LogP contribution in [0.5, 0.6) is 0 Å². The van der Waals surface area contributed by atoms with Crippen molar-refractivity contribution in [2.45, 2.75) is 39.7 Å². The number of hydrogen-bond donors (Lipinski definition) is 1. The number of halogens is 1. The molecule has 1 heterocycles. The van der Waals surface area contributed by atoms with Crippen molar-refractivity contribution in [1.29, 1.82) is 0 Å². The first-order chi connectivity index (χ1) is 11.6. The van der Waals surface area contributed by atoms with Gasteiger partial charge in [-0.05, 0) is 37.5 Å². The van der Waals surface area contributed by atoms with Gasteiger partial charge in [0.2, 0.25) is 11.8 Å². The van der Waals surface area contributed by atoms with E-state index in [0.29, 0.717) is 17.1 Å². The van der Waals surface area contributed by atoms with Gasteiger partial charge in [0.25, 0.3) is 0 Å². The molecule has 1 aliphatic rings. The fourth-order valence-corrected chi connectivity index (χ4v) is 5.20. The van der Waals surface area contributed by atoms with Crippen LogP contribution in [-0.4, -0.2) is 44.3 Å².